The molecule has 0 aliphatic rings. The Morgan fingerprint density at radius 2 is 1.02 bits per heavy atom. The minimum Gasteiger partial charge on any atom is -0.309 e. The van der Waals surface area contributed by atoms with Crippen molar-refractivity contribution in [3.05, 3.63) is 206 Å². The number of thiophene rings is 1. The van der Waals surface area contributed by atoms with Crippen LogP contribution in [0.1, 0.15) is 0 Å². The van der Waals surface area contributed by atoms with Crippen molar-refractivity contribution in [2.45, 2.75) is 0 Å². The van der Waals surface area contributed by atoms with Gasteiger partial charge in [-0.25, -0.2) is 0 Å². The van der Waals surface area contributed by atoms with Crippen LogP contribution in [0.25, 0.3) is 80.7 Å². The van der Waals surface area contributed by atoms with E-state index in [1.54, 1.807) is 0 Å². The summed E-state index contributed by atoms with van der Waals surface area (Å²) in [5.74, 6) is 0. The maximum atomic E-state index is 2.54. The number of rotatable bonds is 6. The second kappa shape index (κ2) is 12.9. The van der Waals surface area contributed by atoms with E-state index < -0.39 is 0 Å². The molecule has 0 saturated carbocycles. The first-order valence-corrected chi connectivity index (χ1v) is 19.6. The largest absolute Gasteiger partial charge is 0.309 e. The van der Waals surface area contributed by atoms with Crippen LogP contribution in [0.2, 0.25) is 0 Å². The highest BCUT2D eigenvalue weighted by Gasteiger charge is 2.25. The van der Waals surface area contributed by atoms with Gasteiger partial charge in [-0.3, -0.25) is 0 Å². The number of anilines is 3. The molecule has 0 fully saturated rings. The summed E-state index contributed by atoms with van der Waals surface area (Å²) in [6.07, 6.45) is 0. The molecule has 0 atom stereocenters. The molecule has 0 bridgehead atoms. The Balaban J connectivity index is 1.24. The molecule has 0 amide bonds. The lowest BCUT2D eigenvalue weighted by Crippen LogP contribution is -2.12. The maximum Gasteiger partial charge on any atom is 0.0640 e. The van der Waals surface area contributed by atoms with Crippen LogP contribution in [0.4, 0.5) is 17.1 Å². The van der Waals surface area contributed by atoms with E-state index in [0.717, 1.165) is 17.1 Å². The standard InChI is InChI=1S/C52H34N2S/c1-3-16-36(17-4-1)44-34-39(38-30-29-35-15-7-8-18-37(35)33-38)31-32-46(44)54(49-27-13-23-42-41-21-10-12-28-50(41)55-52(42)49)48-26-14-25-47-51(48)43-22-9-11-24-45(43)53(47)40-19-5-2-6-20-40/h1-34H. The third-order valence-electron chi connectivity index (χ3n) is 11.0. The Labute approximate surface area is 323 Å². The highest BCUT2D eigenvalue weighted by atomic mass is 32.1. The molecule has 0 aliphatic carbocycles. The summed E-state index contributed by atoms with van der Waals surface area (Å²) in [5.41, 5.74) is 11.7. The van der Waals surface area contributed by atoms with Gasteiger partial charge < -0.3 is 9.47 Å². The van der Waals surface area contributed by atoms with E-state index >= 15 is 0 Å². The van der Waals surface area contributed by atoms with Crippen LogP contribution >= 0.6 is 11.3 Å². The van der Waals surface area contributed by atoms with E-state index in [1.165, 1.54) is 80.7 Å². The Morgan fingerprint density at radius 3 is 1.89 bits per heavy atom. The third kappa shape index (κ3) is 5.16. The zero-order chi connectivity index (χ0) is 36.3. The SMILES string of the molecule is c1ccc(-c2cc(-c3ccc4ccccc4c3)ccc2N(c2cccc3c2sc2ccccc23)c2cccc3c2c2ccccc2n3-c2ccccc2)cc1. The van der Waals surface area contributed by atoms with Gasteiger partial charge in [0.1, 0.15) is 0 Å². The summed E-state index contributed by atoms with van der Waals surface area (Å²) in [7, 11) is 0. The molecule has 0 N–H and O–H groups in total. The first-order valence-electron chi connectivity index (χ1n) is 18.8. The molecule has 3 heteroatoms. The topological polar surface area (TPSA) is 8.17 Å². The van der Waals surface area contributed by atoms with Crippen molar-refractivity contribution in [2.75, 3.05) is 4.90 Å². The summed E-state index contributed by atoms with van der Waals surface area (Å²) < 4.78 is 4.97. The smallest absolute Gasteiger partial charge is 0.0640 e. The Kier molecular flexibility index (Phi) is 7.39. The quantitative estimate of drug-likeness (QED) is 0.166. The van der Waals surface area contributed by atoms with Gasteiger partial charge in [-0.2, -0.15) is 0 Å². The second-order valence-corrected chi connectivity index (χ2v) is 15.2. The van der Waals surface area contributed by atoms with Crippen LogP contribution in [0.15, 0.2) is 206 Å². The summed E-state index contributed by atoms with van der Waals surface area (Å²) in [4.78, 5) is 2.54. The van der Waals surface area contributed by atoms with Gasteiger partial charge >= 0.3 is 0 Å². The molecule has 2 nitrogen and oxygen atoms in total. The fraction of sp³-hybridized carbons (Fsp3) is 0. The van der Waals surface area contributed by atoms with Crippen LogP contribution in [0.5, 0.6) is 0 Å². The van der Waals surface area contributed by atoms with E-state index in [1.807, 2.05) is 11.3 Å². The van der Waals surface area contributed by atoms with Gasteiger partial charge in [0, 0.05) is 37.5 Å². The zero-order valence-corrected chi connectivity index (χ0v) is 30.7. The minimum absolute atomic E-state index is 1.13. The molecule has 2 aromatic heterocycles. The van der Waals surface area contributed by atoms with Gasteiger partial charge in [0.05, 0.1) is 32.8 Å². The average molecular weight is 719 g/mol. The van der Waals surface area contributed by atoms with Crippen molar-refractivity contribution in [1.82, 2.24) is 4.57 Å². The maximum absolute atomic E-state index is 2.54. The zero-order valence-electron chi connectivity index (χ0n) is 29.9. The average Bonchev–Trinajstić information content (AvgIpc) is 3.81. The number of benzene rings is 9. The Hall–Kier alpha value is -6.94. The summed E-state index contributed by atoms with van der Waals surface area (Å²) in [5, 5.41) is 7.49. The van der Waals surface area contributed by atoms with Crippen LogP contribution in [-0.2, 0) is 0 Å². The van der Waals surface area contributed by atoms with E-state index in [4.69, 9.17) is 0 Å². The molecule has 0 spiro atoms. The monoisotopic (exact) mass is 718 g/mol. The van der Waals surface area contributed by atoms with E-state index in [-0.39, 0.29) is 0 Å². The third-order valence-corrected chi connectivity index (χ3v) is 12.2. The first-order chi connectivity index (χ1) is 27.3. The summed E-state index contributed by atoms with van der Waals surface area (Å²) in [6, 6.07) is 75.3. The first kappa shape index (κ1) is 31.6. The van der Waals surface area contributed by atoms with Crippen LogP contribution in [0, 0.1) is 0 Å². The fourth-order valence-electron chi connectivity index (χ4n) is 8.47. The van der Waals surface area contributed by atoms with Gasteiger partial charge in [-0.15, -0.1) is 11.3 Å². The van der Waals surface area contributed by atoms with E-state index in [9.17, 15) is 0 Å². The van der Waals surface area contributed by atoms with Crippen molar-refractivity contribution in [2.24, 2.45) is 0 Å². The molecule has 258 valence electrons. The van der Waals surface area contributed by atoms with Crippen LogP contribution < -0.4 is 4.90 Å². The highest BCUT2D eigenvalue weighted by Crippen LogP contribution is 2.50. The van der Waals surface area contributed by atoms with Gasteiger partial charge in [-0.05, 0) is 88.1 Å². The van der Waals surface area contributed by atoms with Crippen molar-refractivity contribution >= 4 is 81.1 Å². The number of hydrogen-bond acceptors (Lipinski definition) is 2. The predicted octanol–water partition coefficient (Wildman–Crippen LogP) is 15.1. The van der Waals surface area contributed by atoms with Crippen molar-refractivity contribution in [1.29, 1.82) is 0 Å². The minimum atomic E-state index is 1.13. The van der Waals surface area contributed by atoms with Gasteiger partial charge in [0.15, 0.2) is 0 Å². The van der Waals surface area contributed by atoms with E-state index in [2.05, 4.69) is 216 Å². The van der Waals surface area contributed by atoms with E-state index in [0.29, 0.717) is 0 Å². The molecule has 9 aromatic carbocycles. The van der Waals surface area contributed by atoms with Gasteiger partial charge in [0.25, 0.3) is 0 Å². The molecular weight excluding hydrogens is 685 g/mol. The highest BCUT2D eigenvalue weighted by molar-refractivity contribution is 7.26. The van der Waals surface area contributed by atoms with Crippen LogP contribution in [-0.4, -0.2) is 4.57 Å². The molecule has 0 radical (unpaired) electrons. The molecular formula is C52H34N2S. The summed E-state index contributed by atoms with van der Waals surface area (Å²) in [6.45, 7) is 0. The number of nitrogens with zero attached hydrogens (tertiary/aromatic N) is 2. The fourth-order valence-corrected chi connectivity index (χ4v) is 9.67. The second-order valence-electron chi connectivity index (χ2n) is 14.1. The van der Waals surface area contributed by atoms with Gasteiger partial charge in [-0.1, -0.05) is 146 Å². The number of fused-ring (bicyclic) bond motifs is 7. The number of hydrogen-bond donors (Lipinski definition) is 0. The van der Waals surface area contributed by atoms with Crippen molar-refractivity contribution < 1.29 is 0 Å². The normalized spacial score (nSPS) is 11.6. The molecule has 11 rings (SSSR count). The number of para-hydroxylation sites is 2. The lowest BCUT2D eigenvalue weighted by atomic mass is 9.94. The molecule has 0 unspecified atom stereocenters. The van der Waals surface area contributed by atoms with Gasteiger partial charge in [0.2, 0.25) is 0 Å². The molecule has 55 heavy (non-hydrogen) atoms. The Morgan fingerprint density at radius 1 is 0.382 bits per heavy atom. The van der Waals surface area contributed by atoms with Crippen LogP contribution in [0.3, 0.4) is 0 Å². The predicted molar refractivity (Wildman–Crippen MR) is 237 cm³/mol. The molecule has 0 aliphatic heterocycles. The molecule has 2 heterocycles. The van der Waals surface area contributed by atoms with Crippen molar-refractivity contribution in [3.63, 3.8) is 0 Å². The van der Waals surface area contributed by atoms with Crippen molar-refractivity contribution in [3.8, 4) is 27.9 Å². The summed E-state index contributed by atoms with van der Waals surface area (Å²) >= 11 is 1.87. The molecule has 11 aromatic rings. The lowest BCUT2D eigenvalue weighted by molar-refractivity contribution is 1.18. The molecule has 0 saturated heterocycles. The lowest BCUT2D eigenvalue weighted by Gasteiger charge is -2.29. The number of aromatic nitrogens is 1. The Bertz CT molecular complexity index is 3210.